The average molecular weight is 396 g/mol. The van der Waals surface area contributed by atoms with E-state index in [-0.39, 0.29) is 10.5 Å². The third kappa shape index (κ3) is 4.90. The number of carbonyl (C=O) groups is 1. The predicted molar refractivity (Wildman–Crippen MR) is 100 cm³/mol. The number of nitrogens with zero attached hydrogens (tertiary/aromatic N) is 1. The fraction of sp³-hybridized carbons (Fsp3) is 0.316. The van der Waals surface area contributed by atoms with Crippen molar-refractivity contribution in [3.8, 4) is 0 Å². The summed E-state index contributed by atoms with van der Waals surface area (Å²) >= 11 is 0. The molecule has 1 N–H and O–H groups in total. The van der Waals surface area contributed by atoms with Crippen LogP contribution in [0, 0.1) is 11.6 Å². The van der Waals surface area contributed by atoms with Gasteiger partial charge in [-0.05, 0) is 43.2 Å². The fourth-order valence-electron chi connectivity index (χ4n) is 2.60. The molecular formula is C19H22F2N2O3S. The van der Waals surface area contributed by atoms with Crippen LogP contribution in [-0.2, 0) is 10.0 Å². The highest BCUT2D eigenvalue weighted by atomic mass is 32.2. The van der Waals surface area contributed by atoms with Crippen molar-refractivity contribution < 1.29 is 22.0 Å². The molecule has 2 aromatic carbocycles. The van der Waals surface area contributed by atoms with Crippen molar-refractivity contribution in [3.63, 3.8) is 0 Å². The van der Waals surface area contributed by atoms with Gasteiger partial charge in [0, 0.05) is 18.7 Å². The van der Waals surface area contributed by atoms with Crippen molar-refractivity contribution in [3.05, 3.63) is 59.7 Å². The standard InChI is InChI=1S/C19H22F2N2O3S/c1-3-11-23(12-4-2)27(25,26)15-8-5-7-14(13-15)19(24)22-18-16(20)9-6-10-17(18)21/h5-10,13H,3-4,11-12H2,1-2H3,(H,22,24). The highest BCUT2D eigenvalue weighted by molar-refractivity contribution is 7.89. The van der Waals surface area contributed by atoms with Gasteiger partial charge in [-0.25, -0.2) is 17.2 Å². The molecule has 5 nitrogen and oxygen atoms in total. The molecule has 0 saturated carbocycles. The van der Waals surface area contributed by atoms with E-state index in [2.05, 4.69) is 5.32 Å². The molecular weight excluding hydrogens is 374 g/mol. The van der Waals surface area contributed by atoms with Crippen LogP contribution in [0.3, 0.4) is 0 Å². The molecule has 0 aromatic heterocycles. The lowest BCUT2D eigenvalue weighted by Crippen LogP contribution is -2.32. The Balaban J connectivity index is 2.32. The second kappa shape index (κ2) is 9.05. The third-order valence-electron chi connectivity index (χ3n) is 3.88. The average Bonchev–Trinajstić information content (AvgIpc) is 2.64. The van der Waals surface area contributed by atoms with E-state index >= 15 is 0 Å². The van der Waals surface area contributed by atoms with Gasteiger partial charge in [0.15, 0.2) is 0 Å². The molecule has 1 amide bonds. The van der Waals surface area contributed by atoms with Crippen LogP contribution in [-0.4, -0.2) is 31.7 Å². The number of benzene rings is 2. The minimum Gasteiger partial charge on any atom is -0.317 e. The molecule has 8 heteroatoms. The van der Waals surface area contributed by atoms with Gasteiger partial charge >= 0.3 is 0 Å². The van der Waals surface area contributed by atoms with E-state index in [4.69, 9.17) is 0 Å². The summed E-state index contributed by atoms with van der Waals surface area (Å²) in [4.78, 5) is 12.3. The van der Waals surface area contributed by atoms with Crippen LogP contribution >= 0.6 is 0 Å². The number of amides is 1. The summed E-state index contributed by atoms with van der Waals surface area (Å²) in [7, 11) is -3.77. The number of para-hydroxylation sites is 1. The SMILES string of the molecule is CCCN(CCC)S(=O)(=O)c1cccc(C(=O)Nc2c(F)cccc2F)c1. The van der Waals surface area contributed by atoms with Gasteiger partial charge < -0.3 is 5.32 Å². The van der Waals surface area contributed by atoms with Crippen molar-refractivity contribution in [2.24, 2.45) is 0 Å². The van der Waals surface area contributed by atoms with E-state index in [0.29, 0.717) is 25.9 Å². The maximum atomic E-state index is 13.7. The Morgan fingerprint density at radius 2 is 1.56 bits per heavy atom. The van der Waals surface area contributed by atoms with E-state index in [1.165, 1.54) is 34.6 Å². The van der Waals surface area contributed by atoms with Gasteiger partial charge in [0.05, 0.1) is 4.90 Å². The van der Waals surface area contributed by atoms with Crippen LogP contribution in [0.5, 0.6) is 0 Å². The molecule has 146 valence electrons. The van der Waals surface area contributed by atoms with Gasteiger partial charge in [0.1, 0.15) is 17.3 Å². The zero-order valence-corrected chi connectivity index (χ0v) is 16.0. The summed E-state index contributed by atoms with van der Waals surface area (Å²) in [5.41, 5.74) is -0.582. The summed E-state index contributed by atoms with van der Waals surface area (Å²) in [6, 6.07) is 8.64. The molecule has 0 heterocycles. The summed E-state index contributed by atoms with van der Waals surface area (Å²) in [6.07, 6.45) is 1.32. The summed E-state index contributed by atoms with van der Waals surface area (Å²) in [6.45, 7) is 4.50. The van der Waals surface area contributed by atoms with Crippen LogP contribution in [0.25, 0.3) is 0 Å². The van der Waals surface area contributed by atoms with Crippen LogP contribution < -0.4 is 5.32 Å². The summed E-state index contributed by atoms with van der Waals surface area (Å²) in [5.74, 6) is -2.62. The lowest BCUT2D eigenvalue weighted by Gasteiger charge is -2.21. The second-order valence-electron chi connectivity index (χ2n) is 5.98. The molecule has 0 aliphatic heterocycles. The first-order chi connectivity index (χ1) is 12.8. The molecule has 0 unspecified atom stereocenters. The number of anilines is 1. The highest BCUT2D eigenvalue weighted by Gasteiger charge is 2.24. The van der Waals surface area contributed by atoms with E-state index in [0.717, 1.165) is 12.1 Å². The normalized spacial score (nSPS) is 11.6. The Bertz CT molecular complexity index is 891. The maximum Gasteiger partial charge on any atom is 0.255 e. The minimum atomic E-state index is -3.77. The van der Waals surface area contributed by atoms with Gasteiger partial charge in [0.25, 0.3) is 5.91 Å². The second-order valence-corrected chi connectivity index (χ2v) is 7.92. The summed E-state index contributed by atoms with van der Waals surface area (Å²) < 4.78 is 54.4. The molecule has 0 atom stereocenters. The lowest BCUT2D eigenvalue weighted by atomic mass is 10.2. The molecule has 0 saturated heterocycles. The number of halogens is 2. The Labute approximate surface area is 158 Å². The summed E-state index contributed by atoms with van der Waals surface area (Å²) in [5, 5.41) is 2.16. The Kier molecular flexibility index (Phi) is 7.04. The first-order valence-corrected chi connectivity index (χ1v) is 10.1. The molecule has 2 aromatic rings. The van der Waals surface area contributed by atoms with Crippen LogP contribution in [0.2, 0.25) is 0 Å². The molecule has 0 bridgehead atoms. The predicted octanol–water partition coefficient (Wildman–Crippen LogP) is 4.03. The molecule has 2 rings (SSSR count). The number of sulfonamides is 1. The number of hydrogen-bond donors (Lipinski definition) is 1. The first kappa shape index (κ1) is 21.0. The third-order valence-corrected chi connectivity index (χ3v) is 5.78. The molecule has 0 radical (unpaired) electrons. The number of carbonyl (C=O) groups excluding carboxylic acids is 1. The molecule has 27 heavy (non-hydrogen) atoms. The zero-order valence-electron chi connectivity index (χ0n) is 15.2. The monoisotopic (exact) mass is 396 g/mol. The molecule has 0 aliphatic carbocycles. The number of hydrogen-bond acceptors (Lipinski definition) is 3. The van der Waals surface area contributed by atoms with Gasteiger partial charge in [-0.1, -0.05) is 26.0 Å². The van der Waals surface area contributed by atoms with Crippen molar-refractivity contribution in [1.29, 1.82) is 0 Å². The maximum absolute atomic E-state index is 13.7. The van der Waals surface area contributed by atoms with Gasteiger partial charge in [-0.15, -0.1) is 0 Å². The van der Waals surface area contributed by atoms with E-state index < -0.39 is 33.3 Å². The Morgan fingerprint density at radius 3 is 2.11 bits per heavy atom. The number of rotatable bonds is 8. The fourth-order valence-corrected chi connectivity index (χ4v) is 4.27. The largest absolute Gasteiger partial charge is 0.317 e. The topological polar surface area (TPSA) is 66.5 Å². The zero-order chi connectivity index (χ0) is 20.0. The Hall–Kier alpha value is -2.32. The van der Waals surface area contributed by atoms with Crippen molar-refractivity contribution in [1.82, 2.24) is 4.31 Å². The van der Waals surface area contributed by atoms with E-state index in [1.54, 1.807) is 0 Å². The van der Waals surface area contributed by atoms with Crippen LogP contribution in [0.1, 0.15) is 37.0 Å². The highest BCUT2D eigenvalue weighted by Crippen LogP contribution is 2.21. The quantitative estimate of drug-likeness (QED) is 0.733. The smallest absolute Gasteiger partial charge is 0.255 e. The van der Waals surface area contributed by atoms with Gasteiger partial charge in [-0.2, -0.15) is 4.31 Å². The minimum absolute atomic E-state index is 0.00771. The van der Waals surface area contributed by atoms with Gasteiger partial charge in [0.2, 0.25) is 10.0 Å². The first-order valence-electron chi connectivity index (χ1n) is 8.66. The van der Waals surface area contributed by atoms with Crippen molar-refractivity contribution in [2.45, 2.75) is 31.6 Å². The van der Waals surface area contributed by atoms with E-state index in [1.807, 2.05) is 13.8 Å². The lowest BCUT2D eigenvalue weighted by molar-refractivity contribution is 0.102. The molecule has 0 aliphatic rings. The number of nitrogens with one attached hydrogen (secondary N) is 1. The van der Waals surface area contributed by atoms with Gasteiger partial charge in [-0.3, -0.25) is 4.79 Å². The molecule has 0 spiro atoms. The van der Waals surface area contributed by atoms with E-state index in [9.17, 15) is 22.0 Å². The van der Waals surface area contributed by atoms with Crippen LogP contribution in [0.15, 0.2) is 47.4 Å². The van der Waals surface area contributed by atoms with Crippen LogP contribution in [0.4, 0.5) is 14.5 Å². The van der Waals surface area contributed by atoms with Crippen molar-refractivity contribution >= 4 is 21.6 Å². The van der Waals surface area contributed by atoms with Crippen molar-refractivity contribution in [2.75, 3.05) is 18.4 Å². The molecule has 0 fully saturated rings. The Morgan fingerprint density at radius 1 is 1.00 bits per heavy atom.